The summed E-state index contributed by atoms with van der Waals surface area (Å²) in [5.41, 5.74) is 0.707. The number of carbonyl (C=O) groups is 2. The number of esters is 1. The number of fused-ring (bicyclic) bond motifs is 2. The number of benzene rings is 2. The number of rotatable bonds is 5. The highest BCUT2D eigenvalue weighted by atomic mass is 32.2. The van der Waals surface area contributed by atoms with Crippen LogP contribution < -0.4 is 14.2 Å². The Morgan fingerprint density at radius 3 is 2.68 bits per heavy atom. The molecule has 0 amide bonds. The number of carbonyl (C=O) groups excluding carboxylic acids is 2. The number of hydrogen-bond donors (Lipinski definition) is 1. The van der Waals surface area contributed by atoms with E-state index in [1.165, 1.54) is 13.0 Å². The summed E-state index contributed by atoms with van der Waals surface area (Å²) in [7, 11) is -3.71. The zero-order valence-electron chi connectivity index (χ0n) is 16.7. The van der Waals surface area contributed by atoms with Crippen molar-refractivity contribution in [1.82, 2.24) is 4.72 Å². The average molecular weight is 444 g/mol. The summed E-state index contributed by atoms with van der Waals surface area (Å²) in [5, 5.41) is 0. The first-order chi connectivity index (χ1) is 14.8. The molecule has 9 nitrogen and oxygen atoms in total. The lowest BCUT2D eigenvalue weighted by molar-refractivity contribution is -0.143. The van der Waals surface area contributed by atoms with Crippen molar-refractivity contribution in [2.24, 2.45) is 4.99 Å². The molecule has 1 N–H and O–H groups in total. The van der Waals surface area contributed by atoms with Gasteiger partial charge in [0.1, 0.15) is 11.9 Å². The van der Waals surface area contributed by atoms with Crippen molar-refractivity contribution >= 4 is 27.6 Å². The molecule has 2 aliphatic heterocycles. The minimum atomic E-state index is -3.71. The number of nitrogens with one attached hydrogen (secondary N) is 1. The quantitative estimate of drug-likeness (QED) is 0.550. The zero-order chi connectivity index (χ0) is 22.0. The zero-order valence-corrected chi connectivity index (χ0v) is 17.5. The van der Waals surface area contributed by atoms with E-state index >= 15 is 0 Å². The van der Waals surface area contributed by atoms with E-state index in [0.717, 1.165) is 6.42 Å². The van der Waals surface area contributed by atoms with Gasteiger partial charge in [0, 0.05) is 17.5 Å². The van der Waals surface area contributed by atoms with Gasteiger partial charge in [-0.05, 0) is 37.3 Å². The molecule has 4 rings (SSSR count). The number of hydrogen-bond acceptors (Lipinski definition) is 8. The number of ether oxygens (including phenoxy) is 3. The van der Waals surface area contributed by atoms with Gasteiger partial charge in [-0.25, -0.2) is 13.2 Å². The molecule has 0 saturated heterocycles. The largest absolute Gasteiger partial charge is 0.490 e. The van der Waals surface area contributed by atoms with Gasteiger partial charge in [-0.1, -0.05) is 12.1 Å². The van der Waals surface area contributed by atoms with Gasteiger partial charge in [0.2, 0.25) is 0 Å². The van der Waals surface area contributed by atoms with Gasteiger partial charge in [-0.15, -0.1) is 0 Å². The van der Waals surface area contributed by atoms with E-state index in [1.54, 1.807) is 36.4 Å². The first-order valence-corrected chi connectivity index (χ1v) is 11.1. The molecule has 0 spiro atoms. The van der Waals surface area contributed by atoms with E-state index in [1.807, 2.05) is 0 Å². The van der Waals surface area contributed by atoms with E-state index in [9.17, 15) is 18.0 Å². The van der Waals surface area contributed by atoms with Crippen LogP contribution in [0.15, 0.2) is 52.4 Å². The molecular formula is C21H20N2O7S. The first-order valence-electron chi connectivity index (χ1n) is 9.64. The van der Waals surface area contributed by atoms with Crippen LogP contribution in [0.5, 0.6) is 11.5 Å². The molecule has 0 radical (unpaired) electrons. The van der Waals surface area contributed by atoms with E-state index in [2.05, 4.69) is 9.71 Å². The molecule has 2 aromatic rings. The highest BCUT2D eigenvalue weighted by Crippen LogP contribution is 2.30. The summed E-state index contributed by atoms with van der Waals surface area (Å²) in [5.74, 6) is -0.0553. The Morgan fingerprint density at radius 2 is 1.87 bits per heavy atom. The molecule has 0 bridgehead atoms. The summed E-state index contributed by atoms with van der Waals surface area (Å²) < 4.78 is 42.8. The van der Waals surface area contributed by atoms with Gasteiger partial charge in [-0.2, -0.15) is 0 Å². The highest BCUT2D eigenvalue weighted by Gasteiger charge is 2.31. The molecule has 2 heterocycles. The molecule has 0 unspecified atom stereocenters. The van der Waals surface area contributed by atoms with Crippen LogP contribution in [-0.2, 0) is 19.6 Å². The third-order valence-electron chi connectivity index (χ3n) is 4.74. The predicted octanol–water partition coefficient (Wildman–Crippen LogP) is 1.70. The maximum absolute atomic E-state index is 12.4. The minimum absolute atomic E-state index is 0.0641. The molecule has 0 aliphatic carbocycles. The number of ketones is 1. The van der Waals surface area contributed by atoms with E-state index < -0.39 is 34.4 Å². The maximum Gasteiger partial charge on any atom is 0.331 e. The summed E-state index contributed by atoms with van der Waals surface area (Å²) in [4.78, 5) is 29.0. The molecule has 2 aromatic carbocycles. The fourth-order valence-electron chi connectivity index (χ4n) is 3.15. The highest BCUT2D eigenvalue weighted by molar-refractivity contribution is 7.90. The van der Waals surface area contributed by atoms with Gasteiger partial charge in [0.25, 0.3) is 10.0 Å². The normalized spacial score (nSPS) is 18.4. The second-order valence-corrected chi connectivity index (χ2v) is 8.65. The molecule has 1 atom stereocenters. The maximum atomic E-state index is 12.4. The van der Waals surface area contributed by atoms with Crippen molar-refractivity contribution in [1.29, 1.82) is 0 Å². The summed E-state index contributed by atoms with van der Waals surface area (Å²) >= 11 is 0. The second kappa shape index (κ2) is 8.38. The lowest BCUT2D eigenvalue weighted by atomic mass is 10.1. The Balaban J connectivity index is 1.41. The number of Topliss-reactive ketones (excluding diaryl/α,β-unsaturated/α-hetero) is 1. The van der Waals surface area contributed by atoms with Gasteiger partial charge in [0.05, 0.1) is 18.1 Å². The monoisotopic (exact) mass is 444 g/mol. The Hall–Kier alpha value is -3.40. The number of sulfonamides is 1. The van der Waals surface area contributed by atoms with Crippen LogP contribution in [0.4, 0.5) is 0 Å². The van der Waals surface area contributed by atoms with Crippen LogP contribution in [0.25, 0.3) is 0 Å². The van der Waals surface area contributed by atoms with E-state index in [0.29, 0.717) is 35.8 Å². The van der Waals surface area contributed by atoms with Crippen molar-refractivity contribution in [3.8, 4) is 11.5 Å². The van der Waals surface area contributed by atoms with Crippen LogP contribution in [0.3, 0.4) is 0 Å². The molecular weight excluding hydrogens is 424 g/mol. The van der Waals surface area contributed by atoms with Crippen LogP contribution in [-0.4, -0.2) is 51.9 Å². The van der Waals surface area contributed by atoms with Gasteiger partial charge < -0.3 is 14.2 Å². The molecule has 10 heteroatoms. The van der Waals surface area contributed by atoms with Crippen molar-refractivity contribution in [3.05, 3.63) is 53.6 Å². The Morgan fingerprint density at radius 1 is 1.13 bits per heavy atom. The molecule has 31 heavy (non-hydrogen) atoms. The van der Waals surface area contributed by atoms with Crippen molar-refractivity contribution < 1.29 is 32.2 Å². The number of aliphatic imine (C=N–C) groups is 1. The lowest BCUT2D eigenvalue weighted by Gasteiger charge is -2.10. The summed E-state index contributed by atoms with van der Waals surface area (Å²) in [6, 6.07) is 10.1. The minimum Gasteiger partial charge on any atom is -0.490 e. The van der Waals surface area contributed by atoms with E-state index in [-0.39, 0.29) is 10.7 Å². The number of amidine groups is 1. The number of nitrogens with zero attached hydrogens (tertiary/aromatic N) is 1. The summed E-state index contributed by atoms with van der Waals surface area (Å²) in [6.07, 6.45) is 0.747. The molecule has 2 aliphatic rings. The fourth-order valence-corrected chi connectivity index (χ4v) is 4.39. The average Bonchev–Trinajstić information content (AvgIpc) is 2.90. The standard InChI is InChI=1S/C21H20N2O7S/c1-13(22-20-15-5-2-3-6-19(15)31(26,27)23-20)21(25)30-12-16(24)14-7-8-17-18(11-14)29-10-4-9-28-17/h2-3,5-8,11,13H,4,9-10,12H2,1H3,(H,22,23)/t13-/m0/s1. The Kier molecular flexibility index (Phi) is 5.64. The molecule has 0 saturated carbocycles. The molecule has 0 fully saturated rings. The third kappa shape index (κ3) is 4.38. The third-order valence-corrected chi connectivity index (χ3v) is 6.14. The fraction of sp³-hybridized carbons (Fsp3) is 0.286. The van der Waals surface area contributed by atoms with Gasteiger partial charge in [0.15, 0.2) is 23.9 Å². The van der Waals surface area contributed by atoms with Crippen LogP contribution in [0, 0.1) is 0 Å². The van der Waals surface area contributed by atoms with Crippen molar-refractivity contribution in [3.63, 3.8) is 0 Å². The molecule has 0 aromatic heterocycles. The Bertz CT molecular complexity index is 1170. The van der Waals surface area contributed by atoms with E-state index in [4.69, 9.17) is 14.2 Å². The topological polar surface area (TPSA) is 120 Å². The Labute approximate surface area is 179 Å². The first kappa shape index (κ1) is 20.9. The van der Waals surface area contributed by atoms with Gasteiger partial charge >= 0.3 is 5.97 Å². The van der Waals surface area contributed by atoms with Crippen molar-refractivity contribution in [2.75, 3.05) is 19.8 Å². The van der Waals surface area contributed by atoms with Gasteiger partial charge in [-0.3, -0.25) is 14.5 Å². The van der Waals surface area contributed by atoms with Crippen LogP contribution in [0.2, 0.25) is 0 Å². The SMILES string of the molecule is C[C@H](N=C1NS(=O)(=O)c2ccccc21)C(=O)OCC(=O)c1ccc2c(c1)OCCCO2. The smallest absolute Gasteiger partial charge is 0.331 e. The predicted molar refractivity (Wildman–Crippen MR) is 110 cm³/mol. The summed E-state index contributed by atoms with van der Waals surface area (Å²) in [6.45, 7) is 2.02. The van der Waals surface area contributed by atoms with Crippen LogP contribution >= 0.6 is 0 Å². The van der Waals surface area contributed by atoms with Crippen molar-refractivity contribution in [2.45, 2.75) is 24.3 Å². The second-order valence-electron chi connectivity index (χ2n) is 7.00. The van der Waals surface area contributed by atoms with Crippen LogP contribution in [0.1, 0.15) is 29.3 Å². The molecule has 162 valence electrons. The lowest BCUT2D eigenvalue weighted by Crippen LogP contribution is -2.27.